The minimum absolute atomic E-state index is 0.285. The van der Waals surface area contributed by atoms with Gasteiger partial charge < -0.3 is 13.9 Å². The van der Waals surface area contributed by atoms with E-state index in [2.05, 4.69) is 37.0 Å². The second-order valence-electron chi connectivity index (χ2n) is 7.34. The lowest BCUT2D eigenvalue weighted by molar-refractivity contribution is 0.354. The van der Waals surface area contributed by atoms with Gasteiger partial charge in [-0.2, -0.15) is 9.78 Å². The molecule has 5 aromatic rings. The van der Waals surface area contributed by atoms with Crippen molar-refractivity contribution in [3.05, 3.63) is 85.5 Å². The van der Waals surface area contributed by atoms with Crippen LogP contribution in [0.2, 0.25) is 0 Å². The second-order valence-corrected chi connectivity index (χ2v) is 9.17. The largest absolute Gasteiger partial charge is 0.493 e. The summed E-state index contributed by atoms with van der Waals surface area (Å²) >= 11 is 6.95. The molecule has 7 nitrogen and oxygen atoms in total. The first-order chi connectivity index (χ1) is 16.5. The Morgan fingerprint density at radius 1 is 1.00 bits per heavy atom. The highest BCUT2D eigenvalue weighted by molar-refractivity contribution is 9.10. The molecule has 0 radical (unpaired) electrons. The minimum Gasteiger partial charge on any atom is -0.493 e. The lowest BCUT2D eigenvalue weighted by Gasteiger charge is -2.11. The van der Waals surface area contributed by atoms with E-state index in [0.717, 1.165) is 14.3 Å². The highest BCUT2D eigenvalue weighted by atomic mass is 79.9. The van der Waals surface area contributed by atoms with Crippen LogP contribution >= 0.6 is 31.9 Å². The van der Waals surface area contributed by atoms with Crippen molar-refractivity contribution in [3.8, 4) is 23.1 Å². The van der Waals surface area contributed by atoms with E-state index in [4.69, 9.17) is 18.9 Å². The van der Waals surface area contributed by atoms with Crippen molar-refractivity contribution in [1.82, 2.24) is 9.66 Å². The van der Waals surface area contributed by atoms with Crippen LogP contribution in [-0.4, -0.2) is 30.1 Å². The molecule has 0 N–H and O–H groups in total. The SMILES string of the molecule is COc1cc(Br)cc(C=Nn2c(-c3cc4cc(Br)ccc4o3)nc3ccccc3c2=O)c1OC. The fourth-order valence-electron chi connectivity index (χ4n) is 3.69. The predicted octanol–water partition coefficient (Wildman–Crippen LogP) is 6.23. The highest BCUT2D eigenvalue weighted by Crippen LogP contribution is 2.34. The molecule has 0 saturated carbocycles. The molecule has 0 saturated heterocycles. The summed E-state index contributed by atoms with van der Waals surface area (Å²) in [5.74, 6) is 1.73. The Labute approximate surface area is 210 Å². The maximum atomic E-state index is 13.5. The monoisotopic (exact) mass is 581 g/mol. The van der Waals surface area contributed by atoms with E-state index in [0.29, 0.717) is 39.3 Å². The number of para-hydroxylation sites is 1. The summed E-state index contributed by atoms with van der Waals surface area (Å²) in [6, 6.07) is 18.3. The molecule has 0 aliphatic rings. The molecule has 2 aromatic heterocycles. The first-order valence-corrected chi connectivity index (χ1v) is 11.7. The predicted molar refractivity (Wildman–Crippen MR) is 139 cm³/mol. The number of benzene rings is 3. The lowest BCUT2D eigenvalue weighted by atomic mass is 10.2. The van der Waals surface area contributed by atoms with E-state index in [-0.39, 0.29) is 11.4 Å². The van der Waals surface area contributed by atoms with Crippen molar-refractivity contribution in [1.29, 1.82) is 0 Å². The van der Waals surface area contributed by atoms with Crippen LogP contribution in [0.4, 0.5) is 0 Å². The van der Waals surface area contributed by atoms with E-state index in [1.54, 1.807) is 38.5 Å². The van der Waals surface area contributed by atoms with Crippen LogP contribution in [0.5, 0.6) is 11.5 Å². The van der Waals surface area contributed by atoms with E-state index in [1.165, 1.54) is 10.9 Å². The van der Waals surface area contributed by atoms with Crippen molar-refractivity contribution in [2.75, 3.05) is 14.2 Å². The van der Waals surface area contributed by atoms with Gasteiger partial charge in [-0.25, -0.2) is 4.98 Å². The van der Waals surface area contributed by atoms with Crippen LogP contribution in [0.25, 0.3) is 33.5 Å². The summed E-state index contributed by atoms with van der Waals surface area (Å²) in [6.45, 7) is 0. The third kappa shape index (κ3) is 4.01. The molecule has 0 aliphatic heterocycles. The Hall–Kier alpha value is -3.43. The Morgan fingerprint density at radius 2 is 1.82 bits per heavy atom. The number of furan rings is 1. The number of ether oxygens (including phenoxy) is 2. The summed E-state index contributed by atoms with van der Waals surface area (Å²) in [7, 11) is 3.10. The molecule has 0 atom stereocenters. The third-order valence-electron chi connectivity index (χ3n) is 5.24. The molecule has 3 aromatic carbocycles. The van der Waals surface area contributed by atoms with Crippen LogP contribution in [0, 0.1) is 0 Å². The van der Waals surface area contributed by atoms with Crippen molar-refractivity contribution in [3.63, 3.8) is 0 Å². The number of nitrogens with zero attached hydrogens (tertiary/aromatic N) is 3. The number of halogens is 2. The molecule has 5 rings (SSSR count). The van der Waals surface area contributed by atoms with Crippen molar-refractivity contribution >= 4 is 59.9 Å². The van der Waals surface area contributed by atoms with Gasteiger partial charge in [0.15, 0.2) is 17.3 Å². The van der Waals surface area contributed by atoms with Gasteiger partial charge in [-0.1, -0.05) is 44.0 Å². The van der Waals surface area contributed by atoms with E-state index >= 15 is 0 Å². The van der Waals surface area contributed by atoms with Gasteiger partial charge >= 0.3 is 0 Å². The summed E-state index contributed by atoms with van der Waals surface area (Å²) in [5, 5.41) is 5.83. The maximum Gasteiger partial charge on any atom is 0.282 e. The molecule has 0 amide bonds. The van der Waals surface area contributed by atoms with Crippen molar-refractivity contribution < 1.29 is 13.9 Å². The van der Waals surface area contributed by atoms with E-state index in [1.807, 2.05) is 36.4 Å². The van der Waals surface area contributed by atoms with Gasteiger partial charge in [-0.15, -0.1) is 0 Å². The molecule has 34 heavy (non-hydrogen) atoms. The summed E-state index contributed by atoms with van der Waals surface area (Å²) < 4.78 is 19.9. The number of rotatable bonds is 5. The van der Waals surface area contributed by atoms with Crippen LogP contribution in [0.3, 0.4) is 0 Å². The number of hydrogen-bond acceptors (Lipinski definition) is 6. The Bertz CT molecular complexity index is 1640. The molecule has 0 aliphatic carbocycles. The fraction of sp³-hybridized carbons (Fsp3) is 0.0800. The average molecular weight is 583 g/mol. The zero-order valence-electron chi connectivity index (χ0n) is 18.1. The van der Waals surface area contributed by atoms with Crippen LogP contribution in [0.1, 0.15) is 5.56 Å². The minimum atomic E-state index is -0.320. The molecular formula is C25H17Br2N3O4. The topological polar surface area (TPSA) is 78.9 Å². The smallest absolute Gasteiger partial charge is 0.282 e. The van der Waals surface area contributed by atoms with Crippen LogP contribution in [0.15, 0.2) is 83.9 Å². The first kappa shape index (κ1) is 22.4. The Balaban J connectivity index is 1.74. The van der Waals surface area contributed by atoms with E-state index in [9.17, 15) is 4.79 Å². The van der Waals surface area contributed by atoms with Gasteiger partial charge in [0.05, 0.1) is 31.3 Å². The second kappa shape index (κ2) is 9.08. The number of hydrogen-bond donors (Lipinski definition) is 0. The molecule has 0 spiro atoms. The molecule has 0 unspecified atom stereocenters. The van der Waals surface area contributed by atoms with Gasteiger partial charge in [0.25, 0.3) is 5.56 Å². The molecule has 0 bridgehead atoms. The van der Waals surface area contributed by atoms with Crippen molar-refractivity contribution in [2.24, 2.45) is 5.10 Å². The Kier molecular flexibility index (Phi) is 5.97. The highest BCUT2D eigenvalue weighted by Gasteiger charge is 2.17. The Morgan fingerprint density at radius 3 is 2.62 bits per heavy atom. The molecule has 170 valence electrons. The number of methoxy groups -OCH3 is 2. The number of fused-ring (bicyclic) bond motifs is 2. The summed E-state index contributed by atoms with van der Waals surface area (Å²) in [6.07, 6.45) is 1.53. The lowest BCUT2D eigenvalue weighted by Crippen LogP contribution is -2.20. The van der Waals surface area contributed by atoms with Gasteiger partial charge in [-0.05, 0) is 48.5 Å². The van der Waals surface area contributed by atoms with E-state index < -0.39 is 0 Å². The third-order valence-corrected chi connectivity index (χ3v) is 6.19. The standard InChI is InChI=1S/C25H17Br2N3O4/c1-32-21-12-17(27)10-15(23(21)33-2)13-28-30-24(29-19-6-4-3-5-18(19)25(30)31)22-11-14-9-16(26)7-8-20(14)34-22/h3-13H,1-2H3. The van der Waals surface area contributed by atoms with Gasteiger partial charge in [0.2, 0.25) is 5.82 Å². The molecule has 2 heterocycles. The zero-order chi connectivity index (χ0) is 23.8. The average Bonchev–Trinajstić information content (AvgIpc) is 3.26. The van der Waals surface area contributed by atoms with Crippen molar-refractivity contribution in [2.45, 2.75) is 0 Å². The molecule has 9 heteroatoms. The molecular weight excluding hydrogens is 566 g/mol. The summed E-state index contributed by atoms with van der Waals surface area (Å²) in [5.41, 5.74) is 1.53. The fourth-order valence-corrected chi connectivity index (χ4v) is 4.52. The quantitative estimate of drug-likeness (QED) is 0.229. The summed E-state index contributed by atoms with van der Waals surface area (Å²) in [4.78, 5) is 18.2. The first-order valence-electron chi connectivity index (χ1n) is 10.2. The normalized spacial score (nSPS) is 11.5. The van der Waals surface area contributed by atoms with Gasteiger partial charge in [0, 0.05) is 19.9 Å². The van der Waals surface area contributed by atoms with Gasteiger partial charge in [0.1, 0.15) is 5.58 Å². The maximum absolute atomic E-state index is 13.5. The van der Waals surface area contributed by atoms with Crippen LogP contribution < -0.4 is 15.0 Å². The van der Waals surface area contributed by atoms with Crippen LogP contribution in [-0.2, 0) is 0 Å². The molecule has 0 fully saturated rings. The zero-order valence-corrected chi connectivity index (χ0v) is 21.3. The number of aromatic nitrogens is 2. The van der Waals surface area contributed by atoms with Gasteiger partial charge in [-0.3, -0.25) is 4.79 Å².